The van der Waals surface area contributed by atoms with E-state index in [0.717, 1.165) is 25.9 Å². The Kier molecular flexibility index (Phi) is 4.87. The maximum atomic E-state index is 11.6. The van der Waals surface area contributed by atoms with E-state index >= 15 is 0 Å². The Bertz CT molecular complexity index is 221. The lowest BCUT2D eigenvalue weighted by molar-refractivity contribution is -0.129. The number of likely N-dealkylation sites (N-methyl/N-ethyl adjacent to an activating group) is 1. The number of rotatable bonds is 4. The Morgan fingerprint density at radius 1 is 1.60 bits per heavy atom. The molecule has 1 amide bonds. The molecule has 3 nitrogen and oxygen atoms in total. The predicted octanol–water partition coefficient (Wildman–Crippen LogP) is 1.56. The zero-order valence-corrected chi connectivity index (χ0v) is 10.6. The highest BCUT2D eigenvalue weighted by Gasteiger charge is 2.29. The zero-order valence-electron chi connectivity index (χ0n) is 9.87. The second kappa shape index (κ2) is 5.71. The zero-order chi connectivity index (χ0) is 11.4. The van der Waals surface area contributed by atoms with Crippen LogP contribution in [0.5, 0.6) is 0 Å². The molecule has 4 heteroatoms. The van der Waals surface area contributed by atoms with Crippen molar-refractivity contribution in [3.63, 3.8) is 0 Å². The number of amides is 1. The molecule has 1 fully saturated rings. The molecule has 88 valence electrons. The van der Waals surface area contributed by atoms with E-state index in [1.54, 1.807) is 0 Å². The molecule has 0 spiro atoms. The molecule has 1 aliphatic heterocycles. The summed E-state index contributed by atoms with van der Waals surface area (Å²) >= 11 is 5.59. The van der Waals surface area contributed by atoms with Gasteiger partial charge in [0, 0.05) is 25.2 Å². The van der Waals surface area contributed by atoms with Crippen molar-refractivity contribution in [1.82, 2.24) is 9.80 Å². The number of carbonyl (C=O) groups excluding carboxylic acids is 1. The smallest absolute Gasteiger partial charge is 0.237 e. The van der Waals surface area contributed by atoms with Crippen LogP contribution in [0.2, 0.25) is 0 Å². The van der Waals surface area contributed by atoms with Gasteiger partial charge in [0.05, 0.1) is 0 Å². The third-order valence-corrected chi connectivity index (χ3v) is 3.42. The lowest BCUT2D eigenvalue weighted by atomic mass is 10.2. The third kappa shape index (κ3) is 3.35. The van der Waals surface area contributed by atoms with E-state index in [1.807, 2.05) is 4.90 Å². The summed E-state index contributed by atoms with van der Waals surface area (Å²) in [6.07, 6.45) is 2.22. The normalized spacial score (nSPS) is 21.7. The van der Waals surface area contributed by atoms with Gasteiger partial charge in [0.1, 0.15) is 5.88 Å². The molecule has 1 unspecified atom stereocenters. The molecule has 0 aromatic carbocycles. The first-order valence-electron chi connectivity index (χ1n) is 5.62. The maximum absolute atomic E-state index is 11.6. The van der Waals surface area contributed by atoms with Gasteiger partial charge in [-0.15, -0.1) is 11.6 Å². The Morgan fingerprint density at radius 2 is 2.27 bits per heavy atom. The molecule has 0 aromatic heterocycles. The molecule has 0 aromatic rings. The Morgan fingerprint density at radius 3 is 2.80 bits per heavy atom. The molecule has 1 aliphatic rings. The summed E-state index contributed by atoms with van der Waals surface area (Å²) in [6.45, 7) is 6.17. The average Bonchev–Trinajstić information content (AvgIpc) is 2.64. The highest BCUT2D eigenvalue weighted by molar-refractivity contribution is 6.27. The van der Waals surface area contributed by atoms with Crippen LogP contribution >= 0.6 is 11.6 Å². The molecule has 0 radical (unpaired) electrons. The summed E-state index contributed by atoms with van der Waals surface area (Å²) in [4.78, 5) is 15.8. The molecule has 1 saturated heterocycles. The maximum Gasteiger partial charge on any atom is 0.237 e. The van der Waals surface area contributed by atoms with Crippen molar-refractivity contribution in [3.8, 4) is 0 Å². The fourth-order valence-corrected chi connectivity index (χ4v) is 2.13. The monoisotopic (exact) mass is 232 g/mol. The number of alkyl halides is 1. The summed E-state index contributed by atoms with van der Waals surface area (Å²) in [5, 5.41) is 0. The van der Waals surface area contributed by atoms with Crippen molar-refractivity contribution in [3.05, 3.63) is 0 Å². The van der Waals surface area contributed by atoms with Crippen LogP contribution in [-0.2, 0) is 4.79 Å². The summed E-state index contributed by atoms with van der Waals surface area (Å²) in [5.74, 6) is 0.193. The molecule has 0 aliphatic carbocycles. The van der Waals surface area contributed by atoms with Crippen molar-refractivity contribution >= 4 is 17.5 Å². The van der Waals surface area contributed by atoms with Gasteiger partial charge >= 0.3 is 0 Å². The SMILES string of the molecule is CC(C)N(C)CC1CCCN1C(=O)CCl. The summed E-state index contributed by atoms with van der Waals surface area (Å²) in [6, 6.07) is 0.891. The standard InChI is InChI=1S/C11H21ClN2O/c1-9(2)13(3)8-10-5-4-6-14(10)11(15)7-12/h9-10H,4-8H2,1-3H3. The second-order valence-corrected chi connectivity index (χ2v) is 4.82. The van der Waals surface area contributed by atoms with Crippen LogP contribution in [0, 0.1) is 0 Å². The minimum absolute atomic E-state index is 0.0799. The molecule has 1 atom stereocenters. The largest absolute Gasteiger partial charge is 0.337 e. The lowest BCUT2D eigenvalue weighted by Crippen LogP contribution is -2.44. The van der Waals surface area contributed by atoms with Gasteiger partial charge in [0.25, 0.3) is 0 Å². The number of carbonyl (C=O) groups is 1. The Hall–Kier alpha value is -0.280. The van der Waals surface area contributed by atoms with Crippen molar-refractivity contribution in [2.45, 2.75) is 38.8 Å². The number of hydrogen-bond donors (Lipinski definition) is 0. The molecule has 15 heavy (non-hydrogen) atoms. The van der Waals surface area contributed by atoms with Crippen molar-refractivity contribution in [2.24, 2.45) is 0 Å². The van der Waals surface area contributed by atoms with Crippen molar-refractivity contribution in [2.75, 3.05) is 26.0 Å². The van der Waals surface area contributed by atoms with Crippen LogP contribution in [0.1, 0.15) is 26.7 Å². The quantitative estimate of drug-likeness (QED) is 0.687. The highest BCUT2D eigenvalue weighted by Crippen LogP contribution is 2.19. The van der Waals surface area contributed by atoms with E-state index < -0.39 is 0 Å². The van der Waals surface area contributed by atoms with Crippen LogP contribution in [0.15, 0.2) is 0 Å². The minimum Gasteiger partial charge on any atom is -0.337 e. The van der Waals surface area contributed by atoms with Gasteiger partial charge in [-0.05, 0) is 33.7 Å². The molecule has 0 N–H and O–H groups in total. The van der Waals surface area contributed by atoms with E-state index in [9.17, 15) is 4.79 Å². The van der Waals surface area contributed by atoms with Gasteiger partial charge in [-0.25, -0.2) is 0 Å². The van der Waals surface area contributed by atoms with Crippen LogP contribution in [0.25, 0.3) is 0 Å². The van der Waals surface area contributed by atoms with E-state index in [4.69, 9.17) is 11.6 Å². The Labute approximate surface area is 97.4 Å². The Balaban J connectivity index is 2.50. The molecular formula is C11H21ClN2O. The fourth-order valence-electron chi connectivity index (χ4n) is 1.97. The van der Waals surface area contributed by atoms with Gasteiger partial charge in [0.15, 0.2) is 0 Å². The topological polar surface area (TPSA) is 23.6 Å². The van der Waals surface area contributed by atoms with Crippen LogP contribution in [-0.4, -0.2) is 53.8 Å². The second-order valence-electron chi connectivity index (χ2n) is 4.55. The summed E-state index contributed by atoms with van der Waals surface area (Å²) in [7, 11) is 2.10. The number of halogens is 1. The number of likely N-dealkylation sites (tertiary alicyclic amines) is 1. The molecule has 1 rings (SSSR count). The third-order valence-electron chi connectivity index (χ3n) is 3.19. The van der Waals surface area contributed by atoms with E-state index in [2.05, 4.69) is 25.8 Å². The number of hydrogen-bond acceptors (Lipinski definition) is 2. The molecule has 0 saturated carbocycles. The van der Waals surface area contributed by atoms with Crippen molar-refractivity contribution in [1.29, 1.82) is 0 Å². The number of nitrogens with zero attached hydrogens (tertiary/aromatic N) is 2. The molecule has 0 bridgehead atoms. The molecular weight excluding hydrogens is 212 g/mol. The lowest BCUT2D eigenvalue weighted by Gasteiger charge is -2.30. The van der Waals surface area contributed by atoms with E-state index in [0.29, 0.717) is 12.1 Å². The van der Waals surface area contributed by atoms with E-state index in [-0.39, 0.29) is 11.8 Å². The minimum atomic E-state index is 0.0799. The first-order chi connectivity index (χ1) is 7.06. The fraction of sp³-hybridized carbons (Fsp3) is 0.909. The van der Waals surface area contributed by atoms with Crippen molar-refractivity contribution < 1.29 is 4.79 Å². The van der Waals surface area contributed by atoms with Gasteiger partial charge in [-0.2, -0.15) is 0 Å². The summed E-state index contributed by atoms with van der Waals surface area (Å²) in [5.41, 5.74) is 0. The van der Waals surface area contributed by atoms with Gasteiger partial charge in [0.2, 0.25) is 5.91 Å². The molecule has 1 heterocycles. The summed E-state index contributed by atoms with van der Waals surface area (Å²) < 4.78 is 0. The van der Waals surface area contributed by atoms with Gasteiger partial charge in [-0.1, -0.05) is 0 Å². The first-order valence-corrected chi connectivity index (χ1v) is 6.15. The van der Waals surface area contributed by atoms with Crippen LogP contribution < -0.4 is 0 Å². The predicted molar refractivity (Wildman–Crippen MR) is 63.2 cm³/mol. The van der Waals surface area contributed by atoms with Crippen LogP contribution in [0.3, 0.4) is 0 Å². The van der Waals surface area contributed by atoms with Gasteiger partial charge < -0.3 is 9.80 Å². The van der Waals surface area contributed by atoms with Crippen LogP contribution in [0.4, 0.5) is 0 Å². The van der Waals surface area contributed by atoms with E-state index in [1.165, 1.54) is 0 Å². The average molecular weight is 233 g/mol. The highest BCUT2D eigenvalue weighted by atomic mass is 35.5. The van der Waals surface area contributed by atoms with Gasteiger partial charge in [-0.3, -0.25) is 4.79 Å². The first kappa shape index (κ1) is 12.8.